The fraction of sp³-hybridized carbons (Fsp3) is 0.346. The Labute approximate surface area is 197 Å². The Hall–Kier alpha value is -2.96. The van der Waals surface area contributed by atoms with Gasteiger partial charge in [-0.2, -0.15) is 5.10 Å². The third-order valence-corrected chi connectivity index (χ3v) is 6.52. The molecular formula is C26H27ClN2O4. The van der Waals surface area contributed by atoms with Crippen molar-refractivity contribution < 1.29 is 14.6 Å². The maximum Gasteiger partial charge on any atom is 0.329 e. The van der Waals surface area contributed by atoms with E-state index in [1.165, 1.54) is 0 Å². The van der Waals surface area contributed by atoms with E-state index in [1.54, 1.807) is 10.7 Å². The van der Waals surface area contributed by atoms with E-state index in [0.29, 0.717) is 35.7 Å². The van der Waals surface area contributed by atoms with Crippen LogP contribution in [0, 0.1) is 11.8 Å². The molecule has 1 aliphatic carbocycles. The Balaban J connectivity index is 1.55. The minimum Gasteiger partial charge on any atom is -0.480 e. The molecule has 1 saturated carbocycles. The van der Waals surface area contributed by atoms with Crippen molar-refractivity contribution in [3.63, 3.8) is 0 Å². The largest absolute Gasteiger partial charge is 0.480 e. The summed E-state index contributed by atoms with van der Waals surface area (Å²) in [7, 11) is 0. The smallest absolute Gasteiger partial charge is 0.329 e. The lowest BCUT2D eigenvalue weighted by molar-refractivity contribution is -0.142. The van der Waals surface area contributed by atoms with E-state index in [9.17, 15) is 9.59 Å². The van der Waals surface area contributed by atoms with Gasteiger partial charge in [-0.25, -0.2) is 9.48 Å². The normalized spacial score (nSPS) is 18.2. The van der Waals surface area contributed by atoms with E-state index in [0.717, 1.165) is 42.4 Å². The van der Waals surface area contributed by atoms with Gasteiger partial charge in [-0.3, -0.25) is 4.79 Å². The van der Waals surface area contributed by atoms with Crippen LogP contribution in [0.3, 0.4) is 0 Å². The molecule has 2 aromatic carbocycles. The van der Waals surface area contributed by atoms with Gasteiger partial charge >= 0.3 is 5.97 Å². The van der Waals surface area contributed by atoms with Crippen LogP contribution in [0.4, 0.5) is 0 Å². The standard InChI is InChI=1S/C26H27ClN2O4/c27-23-9-5-4-8-21(23)26-22(20-6-2-1-3-7-20)14-24(30)29(28-26)15-18-10-12-19(13-11-18)16-33-17-25(31)32/h1-9,14,18-19H,10-13,15-17H2,(H,31,32). The molecule has 0 atom stereocenters. The lowest BCUT2D eigenvalue weighted by atomic mass is 9.82. The predicted octanol–water partition coefficient (Wildman–Crippen LogP) is 5.14. The lowest BCUT2D eigenvalue weighted by Crippen LogP contribution is -2.29. The first-order chi connectivity index (χ1) is 16.0. The lowest BCUT2D eigenvalue weighted by Gasteiger charge is -2.28. The van der Waals surface area contributed by atoms with Crippen LogP contribution in [0.25, 0.3) is 22.4 Å². The van der Waals surface area contributed by atoms with Crippen molar-refractivity contribution >= 4 is 17.6 Å². The molecule has 0 saturated heterocycles. The van der Waals surface area contributed by atoms with E-state index in [1.807, 2.05) is 54.6 Å². The van der Waals surface area contributed by atoms with Gasteiger partial charge in [0.2, 0.25) is 0 Å². The summed E-state index contributed by atoms with van der Waals surface area (Å²) in [5.41, 5.74) is 3.06. The van der Waals surface area contributed by atoms with Crippen LogP contribution < -0.4 is 5.56 Å². The van der Waals surface area contributed by atoms with Crippen LogP contribution in [0.1, 0.15) is 25.7 Å². The second-order valence-electron chi connectivity index (χ2n) is 8.57. The van der Waals surface area contributed by atoms with Crippen LogP contribution in [-0.2, 0) is 16.1 Å². The third kappa shape index (κ3) is 5.89. The molecular weight excluding hydrogens is 440 g/mol. The van der Waals surface area contributed by atoms with Gasteiger partial charge in [0.1, 0.15) is 12.3 Å². The zero-order chi connectivity index (χ0) is 23.2. The van der Waals surface area contributed by atoms with E-state index in [-0.39, 0.29) is 12.2 Å². The van der Waals surface area contributed by atoms with Gasteiger partial charge in [0.25, 0.3) is 5.56 Å². The molecule has 6 nitrogen and oxygen atoms in total. The molecule has 1 fully saturated rings. The fourth-order valence-corrected chi connectivity index (χ4v) is 4.67. The summed E-state index contributed by atoms with van der Waals surface area (Å²) in [6.07, 6.45) is 3.82. The van der Waals surface area contributed by atoms with Crippen molar-refractivity contribution in [2.75, 3.05) is 13.2 Å². The number of rotatable bonds is 8. The molecule has 1 aliphatic rings. The number of benzene rings is 2. The summed E-state index contributed by atoms with van der Waals surface area (Å²) in [6.45, 7) is 0.769. The second-order valence-corrected chi connectivity index (χ2v) is 8.98. The second kappa shape index (κ2) is 10.8. The van der Waals surface area contributed by atoms with E-state index in [4.69, 9.17) is 26.5 Å². The van der Waals surface area contributed by atoms with Crippen LogP contribution in [-0.4, -0.2) is 34.1 Å². The molecule has 33 heavy (non-hydrogen) atoms. The Morgan fingerprint density at radius 3 is 2.36 bits per heavy atom. The van der Waals surface area contributed by atoms with Gasteiger partial charge in [0.05, 0.1) is 11.6 Å². The topological polar surface area (TPSA) is 81.4 Å². The number of carbonyl (C=O) groups is 1. The summed E-state index contributed by atoms with van der Waals surface area (Å²) in [5.74, 6) is -0.237. The molecule has 1 aromatic heterocycles. The van der Waals surface area contributed by atoms with Crippen molar-refractivity contribution in [1.82, 2.24) is 9.78 Å². The highest BCUT2D eigenvalue weighted by Gasteiger charge is 2.23. The van der Waals surface area contributed by atoms with Crippen molar-refractivity contribution in [2.24, 2.45) is 11.8 Å². The summed E-state index contributed by atoms with van der Waals surface area (Å²) >= 11 is 6.50. The Morgan fingerprint density at radius 1 is 1.00 bits per heavy atom. The van der Waals surface area contributed by atoms with Crippen molar-refractivity contribution in [1.29, 1.82) is 0 Å². The number of carboxylic acids is 1. The van der Waals surface area contributed by atoms with Crippen molar-refractivity contribution in [3.05, 3.63) is 76.0 Å². The molecule has 7 heteroatoms. The van der Waals surface area contributed by atoms with Crippen LogP contribution in [0.2, 0.25) is 5.02 Å². The number of hydrogen-bond donors (Lipinski definition) is 1. The molecule has 1 N–H and O–H groups in total. The van der Waals surface area contributed by atoms with Crippen LogP contribution >= 0.6 is 11.6 Å². The highest BCUT2D eigenvalue weighted by Crippen LogP contribution is 2.34. The average Bonchev–Trinajstić information content (AvgIpc) is 2.82. The molecule has 1 heterocycles. The van der Waals surface area contributed by atoms with E-state index < -0.39 is 5.97 Å². The molecule has 0 unspecified atom stereocenters. The molecule has 172 valence electrons. The number of ether oxygens (including phenoxy) is 1. The zero-order valence-electron chi connectivity index (χ0n) is 18.3. The summed E-state index contributed by atoms with van der Waals surface area (Å²) in [6, 6.07) is 19.0. The van der Waals surface area contributed by atoms with Gasteiger partial charge < -0.3 is 9.84 Å². The number of aromatic nitrogens is 2. The van der Waals surface area contributed by atoms with Gasteiger partial charge in [-0.15, -0.1) is 0 Å². The number of halogens is 1. The first-order valence-corrected chi connectivity index (χ1v) is 11.6. The minimum atomic E-state index is -0.942. The van der Waals surface area contributed by atoms with Gasteiger partial charge in [-0.05, 0) is 49.1 Å². The average molecular weight is 467 g/mol. The fourth-order valence-electron chi connectivity index (χ4n) is 4.45. The van der Waals surface area contributed by atoms with Crippen LogP contribution in [0.15, 0.2) is 65.5 Å². The number of aliphatic carboxylic acids is 1. The van der Waals surface area contributed by atoms with Gasteiger partial charge in [0.15, 0.2) is 0 Å². The predicted molar refractivity (Wildman–Crippen MR) is 128 cm³/mol. The molecule has 0 bridgehead atoms. The van der Waals surface area contributed by atoms with Crippen molar-refractivity contribution in [3.8, 4) is 22.4 Å². The highest BCUT2D eigenvalue weighted by molar-refractivity contribution is 6.33. The molecule has 0 radical (unpaired) electrons. The number of nitrogens with zero attached hydrogens (tertiary/aromatic N) is 2. The Kier molecular flexibility index (Phi) is 7.57. The maximum absolute atomic E-state index is 13.0. The summed E-state index contributed by atoms with van der Waals surface area (Å²) in [5, 5.41) is 14.1. The number of hydrogen-bond acceptors (Lipinski definition) is 4. The third-order valence-electron chi connectivity index (χ3n) is 6.19. The Bertz CT molecular complexity index is 1150. The van der Waals surface area contributed by atoms with E-state index >= 15 is 0 Å². The zero-order valence-corrected chi connectivity index (χ0v) is 19.1. The SMILES string of the molecule is O=C(O)COCC1CCC(Cn2nc(-c3ccccc3Cl)c(-c3ccccc3)cc2=O)CC1. The minimum absolute atomic E-state index is 0.128. The molecule has 0 aliphatic heterocycles. The van der Waals surface area contributed by atoms with Crippen molar-refractivity contribution in [2.45, 2.75) is 32.2 Å². The summed E-state index contributed by atoms with van der Waals surface area (Å²) < 4.78 is 6.83. The van der Waals surface area contributed by atoms with Gasteiger partial charge in [0, 0.05) is 23.7 Å². The molecule has 3 aromatic rings. The highest BCUT2D eigenvalue weighted by atomic mass is 35.5. The van der Waals surface area contributed by atoms with Crippen LogP contribution in [0.5, 0.6) is 0 Å². The summed E-state index contributed by atoms with van der Waals surface area (Å²) in [4.78, 5) is 23.6. The Morgan fingerprint density at radius 2 is 1.67 bits per heavy atom. The molecule has 0 amide bonds. The quantitative estimate of drug-likeness (QED) is 0.497. The number of carboxylic acid groups (broad SMARTS) is 1. The first kappa shape index (κ1) is 23.2. The first-order valence-electron chi connectivity index (χ1n) is 11.2. The monoisotopic (exact) mass is 466 g/mol. The van der Waals surface area contributed by atoms with Gasteiger partial charge in [-0.1, -0.05) is 60.1 Å². The molecule has 0 spiro atoms. The van der Waals surface area contributed by atoms with E-state index in [2.05, 4.69) is 0 Å². The molecule has 4 rings (SSSR count). The maximum atomic E-state index is 13.0.